The van der Waals surface area contributed by atoms with E-state index in [-0.39, 0.29) is 11.7 Å². The topological polar surface area (TPSA) is 75.5 Å². The molecule has 1 aliphatic heterocycles. The zero-order valence-electron chi connectivity index (χ0n) is 10.4. The van der Waals surface area contributed by atoms with Gasteiger partial charge in [-0.2, -0.15) is 4.98 Å². The molecule has 0 spiro atoms. The van der Waals surface area contributed by atoms with Gasteiger partial charge in [0.15, 0.2) is 0 Å². The average molecular weight is 304 g/mol. The number of halogens is 1. The summed E-state index contributed by atoms with van der Waals surface area (Å²) in [6, 6.07) is 0. The molecule has 8 heteroatoms. The smallest absolute Gasteiger partial charge is 0.309 e. The van der Waals surface area contributed by atoms with Crippen molar-refractivity contribution in [1.82, 2.24) is 9.97 Å². The fourth-order valence-electron chi connectivity index (χ4n) is 1.92. The normalized spacial score (nSPS) is 15.6. The van der Waals surface area contributed by atoms with E-state index in [4.69, 9.17) is 21.4 Å². The maximum absolute atomic E-state index is 10.9. The molecule has 1 N–H and O–H groups in total. The monoisotopic (exact) mass is 303 g/mol. The molecule has 0 aliphatic carbocycles. The van der Waals surface area contributed by atoms with Crippen molar-refractivity contribution in [3.8, 4) is 0 Å². The minimum absolute atomic E-state index is 0.0792. The van der Waals surface area contributed by atoms with Crippen LogP contribution in [-0.4, -0.2) is 53.6 Å². The van der Waals surface area contributed by atoms with Gasteiger partial charge in [-0.3, -0.25) is 4.79 Å². The number of carboxylic acid groups (broad SMARTS) is 1. The maximum atomic E-state index is 10.9. The third-order valence-electron chi connectivity index (χ3n) is 2.72. The fraction of sp³-hybridized carbons (Fsp3) is 0.545. The Morgan fingerprint density at radius 3 is 2.74 bits per heavy atom. The van der Waals surface area contributed by atoms with Crippen LogP contribution in [0.3, 0.4) is 0 Å². The molecule has 2 rings (SSSR count). The lowest BCUT2D eigenvalue weighted by atomic mass is 10.2. The summed E-state index contributed by atoms with van der Waals surface area (Å²) in [5.41, 5.74) is 0.460. The van der Waals surface area contributed by atoms with Gasteiger partial charge in [0.25, 0.3) is 0 Å². The van der Waals surface area contributed by atoms with Crippen LogP contribution < -0.4 is 4.90 Å². The Morgan fingerprint density at radius 2 is 2.16 bits per heavy atom. The number of ether oxygens (including phenoxy) is 1. The van der Waals surface area contributed by atoms with Gasteiger partial charge in [-0.1, -0.05) is 0 Å². The summed E-state index contributed by atoms with van der Waals surface area (Å²) in [5.74, 6) is -0.231. The zero-order chi connectivity index (χ0) is 13.8. The Bertz CT molecular complexity index is 480. The van der Waals surface area contributed by atoms with Gasteiger partial charge in [-0.25, -0.2) is 4.98 Å². The van der Waals surface area contributed by atoms with Crippen LogP contribution in [0.15, 0.2) is 4.90 Å². The first-order valence-electron chi connectivity index (χ1n) is 5.76. The predicted octanol–water partition coefficient (Wildman–Crippen LogP) is 1.32. The van der Waals surface area contributed by atoms with Gasteiger partial charge in [0.05, 0.1) is 30.2 Å². The van der Waals surface area contributed by atoms with Crippen LogP contribution in [0, 0.1) is 0 Å². The number of carbonyl (C=O) groups is 1. The first-order valence-corrected chi connectivity index (χ1v) is 7.37. The van der Waals surface area contributed by atoms with Gasteiger partial charge < -0.3 is 14.7 Å². The second kappa shape index (κ2) is 6.40. The first-order chi connectivity index (χ1) is 9.11. The molecule has 1 saturated heterocycles. The number of rotatable bonds is 4. The van der Waals surface area contributed by atoms with E-state index in [9.17, 15) is 4.79 Å². The molecule has 0 radical (unpaired) electrons. The van der Waals surface area contributed by atoms with Crippen molar-refractivity contribution >= 4 is 35.1 Å². The molecule has 1 fully saturated rings. The van der Waals surface area contributed by atoms with Crippen molar-refractivity contribution in [2.75, 3.05) is 37.5 Å². The molecule has 0 saturated carbocycles. The lowest BCUT2D eigenvalue weighted by Crippen LogP contribution is -2.37. The van der Waals surface area contributed by atoms with Gasteiger partial charge in [0.2, 0.25) is 5.28 Å². The molecule has 0 atom stereocenters. The summed E-state index contributed by atoms with van der Waals surface area (Å²) in [5, 5.41) is 9.01. The Kier molecular flexibility index (Phi) is 4.84. The summed E-state index contributed by atoms with van der Waals surface area (Å²) < 4.78 is 5.30. The van der Waals surface area contributed by atoms with Crippen molar-refractivity contribution in [2.45, 2.75) is 11.3 Å². The highest BCUT2D eigenvalue weighted by atomic mass is 35.5. The van der Waals surface area contributed by atoms with E-state index in [1.54, 1.807) is 0 Å². The van der Waals surface area contributed by atoms with E-state index in [0.29, 0.717) is 37.8 Å². The largest absolute Gasteiger partial charge is 0.481 e. The maximum Gasteiger partial charge on any atom is 0.309 e. The number of aromatic nitrogens is 2. The van der Waals surface area contributed by atoms with Crippen molar-refractivity contribution in [2.24, 2.45) is 0 Å². The third-order valence-corrected chi connectivity index (χ3v) is 3.72. The van der Waals surface area contributed by atoms with E-state index in [0.717, 1.165) is 4.90 Å². The highest BCUT2D eigenvalue weighted by Crippen LogP contribution is 2.31. The van der Waals surface area contributed by atoms with Gasteiger partial charge in [0, 0.05) is 13.1 Å². The fourth-order valence-corrected chi connectivity index (χ4v) is 2.81. The molecular formula is C11H14ClN3O3S. The Balaban J connectivity index is 2.40. The molecule has 19 heavy (non-hydrogen) atoms. The number of aliphatic carboxylic acids is 1. The van der Waals surface area contributed by atoms with E-state index < -0.39 is 5.97 Å². The van der Waals surface area contributed by atoms with Gasteiger partial charge in [-0.15, -0.1) is 11.8 Å². The van der Waals surface area contributed by atoms with E-state index >= 15 is 0 Å². The van der Waals surface area contributed by atoms with E-state index in [2.05, 4.69) is 9.97 Å². The van der Waals surface area contributed by atoms with Crippen LogP contribution in [0.1, 0.15) is 5.69 Å². The molecule has 104 valence electrons. The third kappa shape index (κ3) is 3.49. The molecule has 2 heterocycles. The number of carboxylic acids is 1. The number of anilines is 1. The van der Waals surface area contributed by atoms with Crippen molar-refractivity contribution in [3.05, 3.63) is 11.0 Å². The summed E-state index contributed by atoms with van der Waals surface area (Å²) in [4.78, 5) is 22.0. The summed E-state index contributed by atoms with van der Waals surface area (Å²) in [7, 11) is 0. The minimum Gasteiger partial charge on any atom is -0.481 e. The second-order valence-electron chi connectivity index (χ2n) is 3.97. The highest BCUT2D eigenvalue weighted by molar-refractivity contribution is 7.98. The lowest BCUT2D eigenvalue weighted by molar-refractivity contribution is -0.136. The molecular weight excluding hydrogens is 290 g/mol. The molecule has 0 bridgehead atoms. The number of hydrogen-bond donors (Lipinski definition) is 1. The second-order valence-corrected chi connectivity index (χ2v) is 5.12. The van der Waals surface area contributed by atoms with Crippen LogP contribution in [0.2, 0.25) is 5.28 Å². The van der Waals surface area contributed by atoms with Gasteiger partial charge in [-0.05, 0) is 17.9 Å². The van der Waals surface area contributed by atoms with Crippen molar-refractivity contribution < 1.29 is 14.6 Å². The van der Waals surface area contributed by atoms with Gasteiger partial charge >= 0.3 is 5.97 Å². The Labute approximate surface area is 120 Å². The number of thioether (sulfide) groups is 1. The summed E-state index contributed by atoms with van der Waals surface area (Å²) >= 11 is 7.34. The molecule has 1 aromatic rings. The van der Waals surface area contributed by atoms with Crippen LogP contribution in [0.25, 0.3) is 0 Å². The molecule has 1 aromatic heterocycles. The van der Waals surface area contributed by atoms with E-state index in [1.165, 1.54) is 11.8 Å². The van der Waals surface area contributed by atoms with E-state index in [1.807, 2.05) is 11.2 Å². The van der Waals surface area contributed by atoms with Crippen LogP contribution in [-0.2, 0) is 16.0 Å². The Morgan fingerprint density at radius 1 is 1.47 bits per heavy atom. The summed E-state index contributed by atoms with van der Waals surface area (Å²) in [6.07, 6.45) is 1.72. The van der Waals surface area contributed by atoms with Crippen LogP contribution >= 0.6 is 23.4 Å². The standard InChI is InChI=1S/C11H14ClN3O3S/c1-19-9-7(6-8(16)17)13-11(12)14-10(9)15-2-4-18-5-3-15/h2-6H2,1H3,(H,16,17). The lowest BCUT2D eigenvalue weighted by Gasteiger charge is -2.29. The molecule has 1 aliphatic rings. The highest BCUT2D eigenvalue weighted by Gasteiger charge is 2.21. The predicted molar refractivity (Wildman–Crippen MR) is 73.2 cm³/mol. The molecule has 6 nitrogen and oxygen atoms in total. The number of nitrogens with zero attached hydrogens (tertiary/aromatic N) is 3. The summed E-state index contributed by atoms with van der Waals surface area (Å²) in [6.45, 7) is 2.69. The number of morpholine rings is 1. The van der Waals surface area contributed by atoms with Gasteiger partial charge in [0.1, 0.15) is 5.82 Å². The zero-order valence-corrected chi connectivity index (χ0v) is 12.0. The quantitative estimate of drug-likeness (QED) is 0.664. The first kappa shape index (κ1) is 14.4. The number of hydrogen-bond acceptors (Lipinski definition) is 6. The molecule has 0 unspecified atom stereocenters. The van der Waals surface area contributed by atoms with Crippen LogP contribution in [0.5, 0.6) is 0 Å². The Hall–Kier alpha value is -1.05. The average Bonchev–Trinajstić information content (AvgIpc) is 2.38. The van der Waals surface area contributed by atoms with Crippen molar-refractivity contribution in [3.63, 3.8) is 0 Å². The minimum atomic E-state index is -0.932. The molecule has 0 amide bonds. The van der Waals surface area contributed by atoms with Crippen LogP contribution in [0.4, 0.5) is 5.82 Å². The SMILES string of the molecule is CSc1c(CC(=O)O)nc(Cl)nc1N1CCOCC1. The van der Waals surface area contributed by atoms with Crippen molar-refractivity contribution in [1.29, 1.82) is 0 Å². The molecule has 0 aromatic carbocycles.